The lowest BCUT2D eigenvalue weighted by Gasteiger charge is -2.29. The molecular formula is C12H20N2O5S. The van der Waals surface area contributed by atoms with Crippen LogP contribution in [0.5, 0.6) is 0 Å². The van der Waals surface area contributed by atoms with Crippen molar-refractivity contribution in [2.45, 2.75) is 38.0 Å². The van der Waals surface area contributed by atoms with E-state index in [1.54, 1.807) is 26.8 Å². The number of carbonyl (C=O) groups is 2. The van der Waals surface area contributed by atoms with Crippen LogP contribution >= 0.6 is 11.9 Å². The fourth-order valence-electron chi connectivity index (χ4n) is 1.28. The van der Waals surface area contributed by atoms with Crippen molar-refractivity contribution in [1.29, 1.82) is 0 Å². The van der Waals surface area contributed by atoms with Crippen LogP contribution in [0.25, 0.3) is 0 Å². The van der Waals surface area contributed by atoms with Gasteiger partial charge in [0.05, 0.1) is 18.0 Å². The number of hydrogen-bond acceptors (Lipinski definition) is 7. The predicted octanol–water partition coefficient (Wildman–Crippen LogP) is 2.41. The van der Waals surface area contributed by atoms with Crippen LogP contribution in [-0.4, -0.2) is 36.1 Å². The topological polar surface area (TPSA) is 94.1 Å². The van der Waals surface area contributed by atoms with Gasteiger partial charge in [-0.25, -0.2) is 9.59 Å². The quantitative estimate of drug-likeness (QED) is 0.231. The second-order valence-corrected chi connectivity index (χ2v) is 5.70. The van der Waals surface area contributed by atoms with E-state index in [4.69, 9.17) is 9.47 Å². The van der Waals surface area contributed by atoms with Crippen LogP contribution in [0.4, 0.5) is 4.79 Å². The molecule has 0 fully saturated rings. The van der Waals surface area contributed by atoms with Gasteiger partial charge in [-0.05, 0) is 27.2 Å². The third kappa shape index (κ3) is 6.55. The molecule has 1 amide bonds. The van der Waals surface area contributed by atoms with Crippen LogP contribution in [0.3, 0.4) is 0 Å². The second kappa shape index (κ2) is 9.35. The molecular weight excluding hydrogens is 284 g/mol. The van der Waals surface area contributed by atoms with Crippen LogP contribution in [-0.2, 0) is 14.3 Å². The van der Waals surface area contributed by atoms with Crippen molar-refractivity contribution in [3.8, 4) is 0 Å². The number of nitrogens with zero attached hydrogens (tertiary/aromatic N) is 1. The molecule has 20 heavy (non-hydrogen) atoms. The highest BCUT2D eigenvalue weighted by atomic mass is 32.2. The molecule has 0 heterocycles. The van der Waals surface area contributed by atoms with Crippen molar-refractivity contribution in [2.24, 2.45) is 4.58 Å². The van der Waals surface area contributed by atoms with Crippen molar-refractivity contribution >= 4 is 24.0 Å². The lowest BCUT2D eigenvalue weighted by Crippen LogP contribution is -2.53. The van der Waals surface area contributed by atoms with Crippen molar-refractivity contribution in [3.05, 3.63) is 17.6 Å². The summed E-state index contributed by atoms with van der Waals surface area (Å²) in [5.74, 6) is -0.652. The zero-order valence-corrected chi connectivity index (χ0v) is 12.7. The van der Waals surface area contributed by atoms with E-state index in [2.05, 4.69) is 16.5 Å². The van der Waals surface area contributed by atoms with Crippen LogP contribution in [0.15, 0.2) is 17.2 Å². The van der Waals surface area contributed by atoms with E-state index in [1.165, 1.54) is 0 Å². The highest BCUT2D eigenvalue weighted by Crippen LogP contribution is 2.29. The molecule has 0 radical (unpaired) electrons. The average Bonchev–Trinajstić information content (AvgIpc) is 2.36. The molecule has 0 aromatic heterocycles. The molecule has 1 N–H and O–H groups in total. The monoisotopic (exact) mass is 304 g/mol. The molecule has 0 bridgehead atoms. The normalized spacial score (nSPS) is 12.2. The summed E-state index contributed by atoms with van der Waals surface area (Å²) in [6.07, 6.45) is 1.35. The van der Waals surface area contributed by atoms with Crippen LogP contribution in [0, 0.1) is 4.91 Å². The number of amides is 1. The largest absolute Gasteiger partial charge is 0.464 e. The first-order valence-electron chi connectivity index (χ1n) is 6.10. The number of carbonyl (C=O) groups excluding carboxylic acids is 2. The Bertz CT molecular complexity index is 360. The summed E-state index contributed by atoms with van der Waals surface area (Å²) >= 11 is 0.647. The Morgan fingerprint density at radius 1 is 1.45 bits per heavy atom. The number of rotatable bonds is 9. The van der Waals surface area contributed by atoms with Gasteiger partial charge in [0.15, 0.2) is 0 Å². The molecule has 0 rings (SSSR count). The minimum absolute atomic E-state index is 0.151. The molecule has 0 aromatic carbocycles. The minimum atomic E-state index is -1.05. The minimum Gasteiger partial charge on any atom is -0.464 e. The summed E-state index contributed by atoms with van der Waals surface area (Å²) in [6.45, 7) is 8.68. The van der Waals surface area contributed by atoms with Crippen molar-refractivity contribution < 1.29 is 19.1 Å². The van der Waals surface area contributed by atoms with Crippen molar-refractivity contribution in [2.75, 3.05) is 13.2 Å². The predicted molar refractivity (Wildman–Crippen MR) is 77.2 cm³/mol. The Labute approximate surface area is 122 Å². The summed E-state index contributed by atoms with van der Waals surface area (Å²) in [4.78, 5) is 33.9. The number of nitroso groups, excluding NO2 is 1. The number of esters is 1. The van der Waals surface area contributed by atoms with Gasteiger partial charge in [0.25, 0.3) is 0 Å². The van der Waals surface area contributed by atoms with Crippen molar-refractivity contribution in [1.82, 2.24) is 5.32 Å². The Morgan fingerprint density at radius 2 is 2.10 bits per heavy atom. The molecule has 0 unspecified atom stereocenters. The molecule has 1 atom stereocenters. The molecule has 0 spiro atoms. The number of nitrogens with one attached hydrogen (secondary N) is 1. The molecule has 0 saturated carbocycles. The van der Waals surface area contributed by atoms with E-state index in [0.29, 0.717) is 18.4 Å². The number of alkyl carbamates (subject to hydrolysis) is 1. The molecule has 8 heteroatoms. The van der Waals surface area contributed by atoms with Gasteiger partial charge in [-0.15, -0.1) is 11.5 Å². The van der Waals surface area contributed by atoms with E-state index >= 15 is 0 Å². The summed E-state index contributed by atoms with van der Waals surface area (Å²) in [6, 6.07) is -1.05. The highest BCUT2D eigenvalue weighted by molar-refractivity contribution is 7.99. The first kappa shape index (κ1) is 18.4. The van der Waals surface area contributed by atoms with E-state index < -0.39 is 22.9 Å². The Morgan fingerprint density at radius 3 is 2.60 bits per heavy atom. The molecule has 0 aliphatic heterocycles. The summed E-state index contributed by atoms with van der Waals surface area (Å²) in [7, 11) is 0. The van der Waals surface area contributed by atoms with Gasteiger partial charge in [0, 0.05) is 16.5 Å². The van der Waals surface area contributed by atoms with Crippen LogP contribution in [0.2, 0.25) is 0 Å². The molecule has 0 saturated heterocycles. The fourth-order valence-corrected chi connectivity index (χ4v) is 1.73. The van der Waals surface area contributed by atoms with Gasteiger partial charge < -0.3 is 14.8 Å². The number of ether oxygens (including phenoxy) is 2. The maximum absolute atomic E-state index is 12.0. The van der Waals surface area contributed by atoms with E-state index in [-0.39, 0.29) is 13.2 Å². The second-order valence-electron chi connectivity index (χ2n) is 4.31. The molecule has 0 aliphatic rings. The summed E-state index contributed by atoms with van der Waals surface area (Å²) < 4.78 is 11.5. The molecule has 0 aromatic rings. The first-order valence-corrected chi connectivity index (χ1v) is 6.88. The van der Waals surface area contributed by atoms with Gasteiger partial charge in [-0.3, -0.25) is 0 Å². The Balaban J connectivity index is 4.85. The standard InChI is InChI=1S/C12H20N2O5S/c1-5-7-8-19-10(15)9(12(3,4)20-14-17)13-11(16)18-6-2/h5,9H,1,6-8H2,2-4H3,(H,13,16)/t9-/m0/s1. The first-order chi connectivity index (χ1) is 9.38. The zero-order chi connectivity index (χ0) is 15.6. The van der Waals surface area contributed by atoms with E-state index in [1.807, 2.05) is 0 Å². The third-order valence-electron chi connectivity index (χ3n) is 2.31. The SMILES string of the molecule is C=CCCOC(=O)[C@H](NC(=O)OCC)C(C)(C)SN=O. The van der Waals surface area contributed by atoms with Gasteiger partial charge in [0.2, 0.25) is 0 Å². The smallest absolute Gasteiger partial charge is 0.407 e. The maximum Gasteiger partial charge on any atom is 0.407 e. The van der Waals surface area contributed by atoms with Gasteiger partial charge in [0.1, 0.15) is 6.04 Å². The van der Waals surface area contributed by atoms with Gasteiger partial charge >= 0.3 is 12.1 Å². The Kier molecular flexibility index (Phi) is 8.62. The van der Waals surface area contributed by atoms with Crippen molar-refractivity contribution in [3.63, 3.8) is 0 Å². The van der Waals surface area contributed by atoms with Gasteiger partial charge in [-0.2, -0.15) is 0 Å². The van der Waals surface area contributed by atoms with Gasteiger partial charge in [-0.1, -0.05) is 6.08 Å². The highest BCUT2D eigenvalue weighted by Gasteiger charge is 2.39. The Hall–Kier alpha value is -1.57. The van der Waals surface area contributed by atoms with Crippen LogP contribution in [0.1, 0.15) is 27.2 Å². The lowest BCUT2D eigenvalue weighted by molar-refractivity contribution is -0.146. The zero-order valence-electron chi connectivity index (χ0n) is 11.9. The summed E-state index contributed by atoms with van der Waals surface area (Å²) in [5.41, 5.74) is 0. The summed E-state index contributed by atoms with van der Waals surface area (Å²) in [5, 5.41) is 2.39. The molecule has 0 aliphatic carbocycles. The maximum atomic E-state index is 12.0. The average molecular weight is 304 g/mol. The fraction of sp³-hybridized carbons (Fsp3) is 0.667. The van der Waals surface area contributed by atoms with Crippen LogP contribution < -0.4 is 5.32 Å². The molecule has 7 nitrogen and oxygen atoms in total. The molecule has 114 valence electrons. The third-order valence-corrected chi connectivity index (χ3v) is 3.09. The van der Waals surface area contributed by atoms with E-state index in [9.17, 15) is 14.5 Å². The lowest BCUT2D eigenvalue weighted by atomic mass is 10.0. The van der Waals surface area contributed by atoms with E-state index in [0.717, 1.165) is 0 Å². The number of hydrogen-bond donors (Lipinski definition) is 1.